The summed E-state index contributed by atoms with van der Waals surface area (Å²) in [7, 11) is 1.70. The number of rotatable bonds is 5. The number of carbonyl (C=O) groups excluding carboxylic acids is 1. The van der Waals surface area contributed by atoms with Gasteiger partial charge in [-0.2, -0.15) is 0 Å². The molecule has 23 heavy (non-hydrogen) atoms. The summed E-state index contributed by atoms with van der Waals surface area (Å²) in [6.45, 7) is 7.92. The third-order valence-corrected chi connectivity index (χ3v) is 5.73. The zero-order chi connectivity index (χ0) is 15.4. The number of halogens is 1. The summed E-state index contributed by atoms with van der Waals surface area (Å²) in [5.41, 5.74) is -0.309. The van der Waals surface area contributed by atoms with Gasteiger partial charge >= 0.3 is 0 Å². The van der Waals surface area contributed by atoms with Gasteiger partial charge in [0.05, 0.1) is 12.0 Å². The van der Waals surface area contributed by atoms with Gasteiger partial charge in [0.25, 0.3) is 0 Å². The first-order valence-electron chi connectivity index (χ1n) is 8.95. The Morgan fingerprint density at radius 1 is 1.22 bits per heavy atom. The van der Waals surface area contributed by atoms with E-state index in [1.165, 1.54) is 45.3 Å². The van der Waals surface area contributed by atoms with E-state index in [2.05, 4.69) is 15.1 Å². The number of likely N-dealkylation sites (tertiary alicyclic amines) is 2. The van der Waals surface area contributed by atoms with E-state index >= 15 is 0 Å². The zero-order valence-corrected chi connectivity index (χ0v) is 15.2. The fourth-order valence-electron chi connectivity index (χ4n) is 4.37. The van der Waals surface area contributed by atoms with Crippen molar-refractivity contribution < 1.29 is 9.53 Å². The van der Waals surface area contributed by atoms with Crippen LogP contribution >= 0.6 is 12.4 Å². The molecule has 3 saturated heterocycles. The van der Waals surface area contributed by atoms with Crippen LogP contribution in [0.5, 0.6) is 0 Å². The number of carbonyl (C=O) groups is 1. The van der Waals surface area contributed by atoms with Gasteiger partial charge in [-0.25, -0.2) is 0 Å². The van der Waals surface area contributed by atoms with Crippen molar-refractivity contribution in [1.82, 2.24) is 15.1 Å². The number of amides is 1. The van der Waals surface area contributed by atoms with Crippen LogP contribution in [0.1, 0.15) is 32.1 Å². The maximum atomic E-state index is 13.0. The fourth-order valence-corrected chi connectivity index (χ4v) is 4.37. The molecule has 0 radical (unpaired) electrons. The molecule has 1 amide bonds. The zero-order valence-electron chi connectivity index (χ0n) is 14.4. The van der Waals surface area contributed by atoms with Crippen molar-refractivity contribution in [3.05, 3.63) is 0 Å². The molecule has 0 bridgehead atoms. The van der Waals surface area contributed by atoms with Gasteiger partial charge in [-0.05, 0) is 57.7 Å². The van der Waals surface area contributed by atoms with Gasteiger partial charge in [-0.1, -0.05) is 0 Å². The Morgan fingerprint density at radius 3 is 2.48 bits per heavy atom. The maximum Gasteiger partial charge on any atom is 0.232 e. The van der Waals surface area contributed by atoms with Gasteiger partial charge in [0.1, 0.15) is 0 Å². The largest absolute Gasteiger partial charge is 0.384 e. The van der Waals surface area contributed by atoms with Crippen LogP contribution in [0.3, 0.4) is 0 Å². The highest BCUT2D eigenvalue weighted by Crippen LogP contribution is 2.31. The molecule has 3 aliphatic rings. The van der Waals surface area contributed by atoms with E-state index in [9.17, 15) is 4.79 Å². The standard InChI is InChI=1S/C17H31N3O2.ClH/c1-22-14-17(6-7-18-13-17)16(21)20-10-4-15(5-11-20)12-19-8-2-3-9-19;/h15,18H,2-14H2,1H3;1H. The number of hydrogen-bond acceptors (Lipinski definition) is 4. The Hall–Kier alpha value is -0.360. The first kappa shape index (κ1) is 19.0. The maximum absolute atomic E-state index is 13.0. The normalized spacial score (nSPS) is 29.7. The Bertz CT molecular complexity index is 374. The van der Waals surface area contributed by atoms with E-state index in [4.69, 9.17) is 4.74 Å². The van der Waals surface area contributed by atoms with Crippen molar-refractivity contribution in [3.8, 4) is 0 Å². The third kappa shape index (κ3) is 4.38. The van der Waals surface area contributed by atoms with Crippen LogP contribution in [0.2, 0.25) is 0 Å². The minimum absolute atomic E-state index is 0. The summed E-state index contributed by atoms with van der Waals surface area (Å²) in [5.74, 6) is 1.10. The van der Waals surface area contributed by atoms with Crippen molar-refractivity contribution in [1.29, 1.82) is 0 Å². The van der Waals surface area contributed by atoms with Gasteiger partial charge < -0.3 is 19.9 Å². The molecule has 1 N–H and O–H groups in total. The van der Waals surface area contributed by atoms with E-state index in [-0.39, 0.29) is 17.8 Å². The first-order chi connectivity index (χ1) is 10.7. The molecule has 3 rings (SSSR count). The number of hydrogen-bond donors (Lipinski definition) is 1. The quantitative estimate of drug-likeness (QED) is 0.817. The monoisotopic (exact) mass is 345 g/mol. The third-order valence-electron chi connectivity index (χ3n) is 5.73. The van der Waals surface area contributed by atoms with Crippen molar-refractivity contribution in [2.75, 3.05) is 59.5 Å². The Morgan fingerprint density at radius 2 is 1.91 bits per heavy atom. The van der Waals surface area contributed by atoms with Crippen LogP contribution in [0.4, 0.5) is 0 Å². The summed E-state index contributed by atoms with van der Waals surface area (Å²) < 4.78 is 5.36. The van der Waals surface area contributed by atoms with Crippen LogP contribution in [0.25, 0.3) is 0 Å². The molecular formula is C17H32ClN3O2. The lowest BCUT2D eigenvalue weighted by molar-refractivity contribution is -0.145. The molecule has 6 heteroatoms. The van der Waals surface area contributed by atoms with Crippen molar-refractivity contribution in [2.24, 2.45) is 11.3 Å². The fraction of sp³-hybridized carbons (Fsp3) is 0.941. The molecule has 3 fully saturated rings. The molecule has 5 nitrogen and oxygen atoms in total. The average molecular weight is 346 g/mol. The predicted molar refractivity (Wildman–Crippen MR) is 94.0 cm³/mol. The average Bonchev–Trinajstić information content (AvgIpc) is 3.20. The van der Waals surface area contributed by atoms with E-state index in [1.807, 2.05) is 0 Å². The molecule has 3 aliphatic heterocycles. The summed E-state index contributed by atoms with van der Waals surface area (Å²) in [4.78, 5) is 17.7. The summed E-state index contributed by atoms with van der Waals surface area (Å²) in [5, 5.41) is 3.34. The summed E-state index contributed by atoms with van der Waals surface area (Å²) >= 11 is 0. The number of methoxy groups -OCH3 is 1. The lowest BCUT2D eigenvalue weighted by atomic mass is 9.85. The van der Waals surface area contributed by atoms with Gasteiger partial charge in [0.15, 0.2) is 0 Å². The van der Waals surface area contributed by atoms with Crippen LogP contribution in [0, 0.1) is 11.3 Å². The van der Waals surface area contributed by atoms with Gasteiger partial charge in [-0.3, -0.25) is 4.79 Å². The second-order valence-corrected chi connectivity index (χ2v) is 7.38. The highest BCUT2D eigenvalue weighted by molar-refractivity contribution is 5.85. The minimum Gasteiger partial charge on any atom is -0.384 e. The van der Waals surface area contributed by atoms with E-state index in [0.29, 0.717) is 12.5 Å². The van der Waals surface area contributed by atoms with Crippen LogP contribution < -0.4 is 5.32 Å². The second kappa shape index (κ2) is 8.65. The second-order valence-electron chi connectivity index (χ2n) is 7.38. The lowest BCUT2D eigenvalue weighted by Crippen LogP contribution is -2.51. The Kier molecular flexibility index (Phi) is 7.14. The lowest BCUT2D eigenvalue weighted by Gasteiger charge is -2.38. The van der Waals surface area contributed by atoms with E-state index < -0.39 is 0 Å². The summed E-state index contributed by atoms with van der Waals surface area (Å²) in [6, 6.07) is 0. The van der Waals surface area contributed by atoms with Crippen molar-refractivity contribution in [3.63, 3.8) is 0 Å². The molecule has 1 atom stereocenters. The molecule has 0 saturated carbocycles. The van der Waals surface area contributed by atoms with Crippen molar-refractivity contribution >= 4 is 18.3 Å². The molecule has 0 aromatic carbocycles. The molecule has 0 aromatic heterocycles. The van der Waals surface area contributed by atoms with E-state index in [1.54, 1.807) is 7.11 Å². The van der Waals surface area contributed by atoms with Crippen LogP contribution in [0.15, 0.2) is 0 Å². The molecule has 0 aromatic rings. The molecule has 1 unspecified atom stereocenters. The molecule has 3 heterocycles. The first-order valence-corrected chi connectivity index (χ1v) is 8.95. The van der Waals surface area contributed by atoms with Gasteiger partial charge in [-0.15, -0.1) is 12.4 Å². The smallest absolute Gasteiger partial charge is 0.232 e. The Labute approximate surface area is 146 Å². The van der Waals surface area contributed by atoms with Crippen LogP contribution in [-0.4, -0.2) is 75.2 Å². The topological polar surface area (TPSA) is 44.8 Å². The number of nitrogens with one attached hydrogen (secondary N) is 1. The molecular weight excluding hydrogens is 314 g/mol. The van der Waals surface area contributed by atoms with Gasteiger partial charge in [0.2, 0.25) is 5.91 Å². The van der Waals surface area contributed by atoms with Crippen LogP contribution in [-0.2, 0) is 9.53 Å². The summed E-state index contributed by atoms with van der Waals surface area (Å²) in [6.07, 6.45) is 5.97. The van der Waals surface area contributed by atoms with E-state index in [0.717, 1.165) is 38.5 Å². The predicted octanol–water partition coefficient (Wildman–Crippen LogP) is 1.37. The highest BCUT2D eigenvalue weighted by atomic mass is 35.5. The molecule has 0 spiro atoms. The number of piperidine rings is 1. The number of ether oxygens (including phenoxy) is 1. The minimum atomic E-state index is -0.309. The van der Waals surface area contributed by atoms with Crippen molar-refractivity contribution in [2.45, 2.75) is 32.1 Å². The van der Waals surface area contributed by atoms with Gasteiger partial charge in [0, 0.05) is 33.3 Å². The molecule has 0 aliphatic carbocycles. The Balaban J connectivity index is 0.00000192. The molecule has 134 valence electrons. The number of nitrogens with zero attached hydrogens (tertiary/aromatic N) is 2. The SMILES string of the molecule is COCC1(C(=O)N2CCC(CN3CCCC3)CC2)CCNC1.Cl. The highest BCUT2D eigenvalue weighted by Gasteiger charge is 2.44.